The Morgan fingerprint density at radius 1 is 0.567 bits per heavy atom. The van der Waals surface area contributed by atoms with E-state index in [1.54, 1.807) is 0 Å². The average molecular weight is 413 g/mol. The highest BCUT2D eigenvalue weighted by molar-refractivity contribution is 5.74. The normalized spacial score (nSPS) is 21.2. The predicted molar refractivity (Wildman–Crippen MR) is 122 cm³/mol. The zero-order chi connectivity index (χ0) is 20.4. The third kappa shape index (κ3) is 6.41. The number of aromatic nitrogens is 2. The van der Waals surface area contributed by atoms with E-state index in [0.717, 1.165) is 114 Å². The minimum absolute atomic E-state index is 0.848. The van der Waals surface area contributed by atoms with Crippen LogP contribution in [-0.2, 0) is 13.1 Å². The topological polar surface area (TPSA) is 80.4 Å². The lowest BCUT2D eigenvalue weighted by atomic mass is 10.2. The monoisotopic (exact) mass is 412 g/mol. The molecule has 1 aromatic carbocycles. The molecule has 0 bridgehead atoms. The SMILES string of the molecule is c1ccc2nc(CN3CCNCCNCC3)c(CN3CCNCCNCC3)nc2c1. The number of hydrogen-bond acceptors (Lipinski definition) is 8. The van der Waals surface area contributed by atoms with Crippen LogP contribution >= 0.6 is 0 Å². The number of nitrogens with zero attached hydrogens (tertiary/aromatic N) is 4. The van der Waals surface area contributed by atoms with Crippen molar-refractivity contribution >= 4 is 11.0 Å². The average Bonchev–Trinajstić information content (AvgIpc) is 2.98. The summed E-state index contributed by atoms with van der Waals surface area (Å²) in [4.78, 5) is 15.1. The Morgan fingerprint density at radius 2 is 0.933 bits per heavy atom. The highest BCUT2D eigenvalue weighted by Crippen LogP contribution is 2.16. The van der Waals surface area contributed by atoms with Crippen LogP contribution in [0.25, 0.3) is 11.0 Å². The zero-order valence-electron chi connectivity index (χ0n) is 18.0. The van der Waals surface area contributed by atoms with Gasteiger partial charge in [0.05, 0.1) is 22.4 Å². The van der Waals surface area contributed by atoms with Crippen molar-refractivity contribution in [1.29, 1.82) is 0 Å². The van der Waals surface area contributed by atoms with E-state index in [0.29, 0.717) is 0 Å². The maximum Gasteiger partial charge on any atom is 0.0890 e. The van der Waals surface area contributed by atoms with E-state index in [4.69, 9.17) is 9.97 Å². The van der Waals surface area contributed by atoms with Gasteiger partial charge in [-0.3, -0.25) is 9.80 Å². The van der Waals surface area contributed by atoms with Gasteiger partial charge < -0.3 is 21.3 Å². The molecule has 2 aliphatic heterocycles. The first-order chi connectivity index (χ1) is 14.9. The molecule has 4 rings (SSSR count). The molecule has 8 nitrogen and oxygen atoms in total. The molecular formula is C22H36N8. The highest BCUT2D eigenvalue weighted by Gasteiger charge is 2.17. The van der Waals surface area contributed by atoms with Gasteiger partial charge in [0.25, 0.3) is 0 Å². The molecule has 164 valence electrons. The van der Waals surface area contributed by atoms with Crippen molar-refractivity contribution in [1.82, 2.24) is 41.0 Å². The first-order valence-corrected chi connectivity index (χ1v) is 11.4. The van der Waals surface area contributed by atoms with Crippen LogP contribution in [0.3, 0.4) is 0 Å². The quantitative estimate of drug-likeness (QED) is 0.541. The molecule has 0 atom stereocenters. The third-order valence-electron chi connectivity index (χ3n) is 5.85. The summed E-state index contributed by atoms with van der Waals surface area (Å²) >= 11 is 0. The van der Waals surface area contributed by atoms with Gasteiger partial charge in [-0.15, -0.1) is 0 Å². The Morgan fingerprint density at radius 3 is 1.30 bits per heavy atom. The molecular weight excluding hydrogens is 376 g/mol. The Hall–Kier alpha value is -1.68. The number of fused-ring (bicyclic) bond motifs is 1. The number of nitrogens with one attached hydrogen (secondary N) is 4. The van der Waals surface area contributed by atoms with Crippen molar-refractivity contribution in [2.45, 2.75) is 13.1 Å². The molecule has 0 radical (unpaired) electrons. The number of hydrogen-bond donors (Lipinski definition) is 4. The van der Waals surface area contributed by atoms with Crippen LogP contribution in [0.15, 0.2) is 24.3 Å². The minimum atomic E-state index is 0.848. The van der Waals surface area contributed by atoms with Gasteiger partial charge in [0.2, 0.25) is 0 Å². The Balaban J connectivity index is 1.54. The minimum Gasteiger partial charge on any atom is -0.314 e. The molecule has 2 aromatic rings. The fourth-order valence-electron chi connectivity index (χ4n) is 4.09. The molecule has 4 N–H and O–H groups in total. The van der Waals surface area contributed by atoms with Crippen molar-refractivity contribution in [3.63, 3.8) is 0 Å². The smallest absolute Gasteiger partial charge is 0.0890 e. The van der Waals surface area contributed by atoms with Gasteiger partial charge in [0.1, 0.15) is 0 Å². The van der Waals surface area contributed by atoms with Crippen molar-refractivity contribution in [2.24, 2.45) is 0 Å². The molecule has 2 fully saturated rings. The molecule has 1 aromatic heterocycles. The maximum atomic E-state index is 5.07. The third-order valence-corrected chi connectivity index (χ3v) is 5.85. The van der Waals surface area contributed by atoms with Gasteiger partial charge >= 0.3 is 0 Å². The Kier molecular flexibility index (Phi) is 8.36. The first kappa shape index (κ1) is 21.5. The molecule has 0 saturated carbocycles. The summed E-state index contributed by atoms with van der Waals surface area (Å²) in [5, 5.41) is 14.0. The summed E-state index contributed by atoms with van der Waals surface area (Å²) in [6.45, 7) is 14.0. The largest absolute Gasteiger partial charge is 0.314 e. The lowest BCUT2D eigenvalue weighted by Crippen LogP contribution is -2.36. The molecule has 30 heavy (non-hydrogen) atoms. The molecule has 3 heterocycles. The number of benzene rings is 1. The molecule has 0 unspecified atom stereocenters. The molecule has 0 spiro atoms. The first-order valence-electron chi connectivity index (χ1n) is 11.4. The maximum absolute atomic E-state index is 5.07. The van der Waals surface area contributed by atoms with Gasteiger partial charge in [-0.25, -0.2) is 9.97 Å². The standard InChI is InChI=1S/C22H36N8/c1-2-4-20-19(3-1)27-21(17-29-13-9-23-5-6-24-10-14-29)22(28-20)18-30-15-11-25-7-8-26-12-16-30/h1-4,23-26H,5-18H2. The molecule has 2 aliphatic rings. The lowest BCUT2D eigenvalue weighted by molar-refractivity contribution is 0.254. The van der Waals surface area contributed by atoms with Crippen molar-refractivity contribution in [2.75, 3.05) is 78.5 Å². The van der Waals surface area contributed by atoms with Crippen LogP contribution in [0.2, 0.25) is 0 Å². The van der Waals surface area contributed by atoms with E-state index in [2.05, 4.69) is 43.2 Å². The fraction of sp³-hybridized carbons (Fsp3) is 0.636. The van der Waals surface area contributed by atoms with E-state index in [1.807, 2.05) is 12.1 Å². The van der Waals surface area contributed by atoms with E-state index in [1.165, 1.54) is 0 Å². The second kappa shape index (κ2) is 11.6. The second-order valence-electron chi connectivity index (χ2n) is 8.16. The molecule has 0 amide bonds. The molecule has 2 saturated heterocycles. The van der Waals surface area contributed by atoms with Crippen LogP contribution < -0.4 is 21.3 Å². The molecule has 8 heteroatoms. The number of rotatable bonds is 4. The predicted octanol–water partition coefficient (Wildman–Crippen LogP) is -0.381. The highest BCUT2D eigenvalue weighted by atomic mass is 15.2. The second-order valence-corrected chi connectivity index (χ2v) is 8.16. The van der Waals surface area contributed by atoms with Crippen LogP contribution in [0, 0.1) is 0 Å². The van der Waals surface area contributed by atoms with Gasteiger partial charge in [-0.1, -0.05) is 12.1 Å². The van der Waals surface area contributed by atoms with Crippen molar-refractivity contribution in [3.05, 3.63) is 35.7 Å². The van der Waals surface area contributed by atoms with Gasteiger partial charge in [0, 0.05) is 91.6 Å². The van der Waals surface area contributed by atoms with Crippen LogP contribution in [0.5, 0.6) is 0 Å². The number of para-hydroxylation sites is 2. The van der Waals surface area contributed by atoms with Crippen molar-refractivity contribution < 1.29 is 0 Å². The summed E-state index contributed by atoms with van der Waals surface area (Å²) in [5.74, 6) is 0. The van der Waals surface area contributed by atoms with E-state index >= 15 is 0 Å². The van der Waals surface area contributed by atoms with E-state index in [9.17, 15) is 0 Å². The Bertz CT molecular complexity index is 698. The summed E-state index contributed by atoms with van der Waals surface area (Å²) in [7, 11) is 0. The Labute approximate surface area is 179 Å². The summed E-state index contributed by atoms with van der Waals surface area (Å²) in [6.07, 6.45) is 0. The summed E-state index contributed by atoms with van der Waals surface area (Å²) in [5.41, 5.74) is 4.22. The van der Waals surface area contributed by atoms with Crippen LogP contribution in [0.4, 0.5) is 0 Å². The van der Waals surface area contributed by atoms with E-state index < -0.39 is 0 Å². The van der Waals surface area contributed by atoms with Gasteiger partial charge in [0.15, 0.2) is 0 Å². The van der Waals surface area contributed by atoms with E-state index in [-0.39, 0.29) is 0 Å². The summed E-state index contributed by atoms with van der Waals surface area (Å²) < 4.78 is 0. The fourth-order valence-corrected chi connectivity index (χ4v) is 4.09. The molecule has 0 aliphatic carbocycles. The summed E-state index contributed by atoms with van der Waals surface area (Å²) in [6, 6.07) is 8.25. The lowest BCUT2D eigenvalue weighted by Gasteiger charge is -2.25. The van der Waals surface area contributed by atoms with Gasteiger partial charge in [-0.05, 0) is 12.1 Å². The zero-order valence-corrected chi connectivity index (χ0v) is 18.0. The van der Waals surface area contributed by atoms with Gasteiger partial charge in [-0.2, -0.15) is 0 Å². The van der Waals surface area contributed by atoms with Crippen LogP contribution in [-0.4, -0.2) is 98.3 Å². The van der Waals surface area contributed by atoms with Crippen molar-refractivity contribution in [3.8, 4) is 0 Å². The van der Waals surface area contributed by atoms with Crippen LogP contribution in [0.1, 0.15) is 11.4 Å².